The SMILES string of the molecule is [C-]#[N+]c1ncc(N)cn1. The van der Waals surface area contributed by atoms with E-state index in [-0.39, 0.29) is 5.95 Å². The molecule has 0 spiro atoms. The van der Waals surface area contributed by atoms with Gasteiger partial charge in [-0.3, -0.25) is 0 Å². The molecule has 0 bridgehead atoms. The molecule has 0 unspecified atom stereocenters. The zero-order valence-electron chi connectivity index (χ0n) is 4.57. The quantitative estimate of drug-likeness (QED) is 0.510. The predicted molar refractivity (Wildman–Crippen MR) is 32.7 cm³/mol. The van der Waals surface area contributed by atoms with Crippen LogP contribution in [0.5, 0.6) is 0 Å². The van der Waals surface area contributed by atoms with Gasteiger partial charge in [-0.15, -0.1) is 6.57 Å². The van der Waals surface area contributed by atoms with Crippen molar-refractivity contribution < 1.29 is 0 Å². The number of hydrogen-bond donors (Lipinski definition) is 1. The number of nitrogens with two attached hydrogens (primary N) is 1. The van der Waals surface area contributed by atoms with E-state index >= 15 is 0 Å². The molecule has 0 amide bonds. The highest BCUT2D eigenvalue weighted by molar-refractivity contribution is 5.35. The Labute approximate surface area is 52.2 Å². The van der Waals surface area contributed by atoms with Gasteiger partial charge in [-0.05, 0) is 0 Å². The van der Waals surface area contributed by atoms with Crippen molar-refractivity contribution in [3.63, 3.8) is 0 Å². The van der Waals surface area contributed by atoms with E-state index in [1.165, 1.54) is 12.4 Å². The van der Waals surface area contributed by atoms with Crippen molar-refractivity contribution in [1.82, 2.24) is 9.97 Å². The Balaban J connectivity index is 3.06. The fraction of sp³-hybridized carbons (Fsp3) is 0. The standard InChI is InChI=1S/C5H4N4/c1-7-5-8-2-4(6)3-9-5/h2-3H,6H2. The first-order valence-electron chi connectivity index (χ1n) is 2.28. The van der Waals surface area contributed by atoms with Gasteiger partial charge in [0.25, 0.3) is 0 Å². The van der Waals surface area contributed by atoms with Crippen LogP contribution in [-0.2, 0) is 0 Å². The fourth-order valence-electron chi connectivity index (χ4n) is 0.389. The molecule has 0 aromatic carbocycles. The van der Waals surface area contributed by atoms with Crippen LogP contribution in [0.2, 0.25) is 0 Å². The Kier molecular flexibility index (Phi) is 1.28. The molecule has 9 heavy (non-hydrogen) atoms. The van der Waals surface area contributed by atoms with Crippen molar-refractivity contribution >= 4 is 11.6 Å². The highest BCUT2D eigenvalue weighted by Gasteiger charge is 1.91. The highest BCUT2D eigenvalue weighted by Crippen LogP contribution is 2.02. The average Bonchev–Trinajstić information content (AvgIpc) is 1.90. The van der Waals surface area contributed by atoms with E-state index in [4.69, 9.17) is 12.3 Å². The molecule has 1 aromatic rings. The van der Waals surface area contributed by atoms with Crippen LogP contribution in [0.4, 0.5) is 11.6 Å². The first-order chi connectivity index (χ1) is 4.33. The lowest BCUT2D eigenvalue weighted by atomic mass is 10.6. The van der Waals surface area contributed by atoms with E-state index in [0.717, 1.165) is 0 Å². The summed E-state index contributed by atoms with van der Waals surface area (Å²) in [4.78, 5) is 10.2. The second-order valence-corrected chi connectivity index (χ2v) is 1.43. The maximum atomic E-state index is 6.47. The maximum absolute atomic E-state index is 6.47. The minimum atomic E-state index is 0.129. The molecule has 0 saturated heterocycles. The second-order valence-electron chi connectivity index (χ2n) is 1.43. The molecule has 0 atom stereocenters. The van der Waals surface area contributed by atoms with Gasteiger partial charge < -0.3 is 10.6 Å². The van der Waals surface area contributed by atoms with Gasteiger partial charge in [0.05, 0.1) is 5.69 Å². The van der Waals surface area contributed by atoms with Gasteiger partial charge in [-0.25, -0.2) is 0 Å². The molecule has 2 N–H and O–H groups in total. The van der Waals surface area contributed by atoms with Gasteiger partial charge in [-0.1, -0.05) is 0 Å². The van der Waals surface area contributed by atoms with Crippen molar-refractivity contribution in [2.45, 2.75) is 0 Å². The van der Waals surface area contributed by atoms with Gasteiger partial charge in [0.15, 0.2) is 0 Å². The molecule has 0 saturated carbocycles. The van der Waals surface area contributed by atoms with E-state index in [1.54, 1.807) is 0 Å². The van der Waals surface area contributed by atoms with Crippen molar-refractivity contribution in [1.29, 1.82) is 0 Å². The molecule has 1 rings (SSSR count). The monoisotopic (exact) mass is 120 g/mol. The third-order valence-electron chi connectivity index (χ3n) is 0.758. The number of rotatable bonds is 0. The molecule has 0 aliphatic carbocycles. The number of aromatic nitrogens is 2. The summed E-state index contributed by atoms with van der Waals surface area (Å²) in [5, 5.41) is 0. The van der Waals surface area contributed by atoms with E-state index in [9.17, 15) is 0 Å². The smallest absolute Gasteiger partial charge is 0.371 e. The van der Waals surface area contributed by atoms with Gasteiger partial charge in [-0.2, -0.15) is 9.97 Å². The summed E-state index contributed by atoms with van der Waals surface area (Å²) >= 11 is 0. The molecule has 1 heterocycles. The maximum Gasteiger partial charge on any atom is 0.371 e. The van der Waals surface area contributed by atoms with Gasteiger partial charge >= 0.3 is 5.95 Å². The predicted octanol–water partition coefficient (Wildman–Crippen LogP) is 0.610. The lowest BCUT2D eigenvalue weighted by Crippen LogP contribution is -1.86. The van der Waals surface area contributed by atoms with E-state index in [1.807, 2.05) is 0 Å². The molecule has 0 fully saturated rings. The van der Waals surface area contributed by atoms with E-state index < -0.39 is 0 Å². The number of nitrogen functional groups attached to an aromatic ring is 1. The summed E-state index contributed by atoms with van der Waals surface area (Å²) in [7, 11) is 0. The normalized spacial score (nSPS) is 8.33. The summed E-state index contributed by atoms with van der Waals surface area (Å²) in [6.07, 6.45) is 2.81. The fourth-order valence-corrected chi connectivity index (χ4v) is 0.389. The minimum Gasteiger partial charge on any atom is -0.394 e. The van der Waals surface area contributed by atoms with Crippen molar-refractivity contribution in [3.05, 3.63) is 23.8 Å². The Bertz CT molecular complexity index is 232. The molecular formula is C5H4N4. The average molecular weight is 120 g/mol. The summed E-state index contributed by atoms with van der Waals surface area (Å²) in [5.41, 5.74) is 5.73. The number of anilines is 1. The van der Waals surface area contributed by atoms with E-state index in [0.29, 0.717) is 5.69 Å². The van der Waals surface area contributed by atoms with Crippen molar-refractivity contribution in [2.75, 3.05) is 5.73 Å². The number of nitrogens with zero attached hydrogens (tertiary/aromatic N) is 3. The topological polar surface area (TPSA) is 56.2 Å². The zero-order valence-corrected chi connectivity index (χ0v) is 4.57. The molecule has 0 aliphatic rings. The Morgan fingerprint density at radius 2 is 2.00 bits per heavy atom. The van der Waals surface area contributed by atoms with Crippen molar-refractivity contribution in [2.24, 2.45) is 0 Å². The Morgan fingerprint density at radius 1 is 1.44 bits per heavy atom. The van der Waals surface area contributed by atoms with E-state index in [2.05, 4.69) is 14.8 Å². The van der Waals surface area contributed by atoms with Crippen LogP contribution >= 0.6 is 0 Å². The largest absolute Gasteiger partial charge is 0.394 e. The van der Waals surface area contributed by atoms with Crippen LogP contribution in [0.15, 0.2) is 12.4 Å². The Hall–Kier alpha value is -1.63. The lowest BCUT2D eigenvalue weighted by Gasteiger charge is -1.84. The molecule has 1 aromatic heterocycles. The van der Waals surface area contributed by atoms with Crippen LogP contribution < -0.4 is 5.73 Å². The van der Waals surface area contributed by atoms with Crippen LogP contribution in [0.25, 0.3) is 4.85 Å². The van der Waals surface area contributed by atoms with Crippen LogP contribution in [0.1, 0.15) is 0 Å². The zero-order chi connectivity index (χ0) is 6.69. The molecule has 0 radical (unpaired) electrons. The molecule has 4 heteroatoms. The number of hydrogen-bond acceptors (Lipinski definition) is 3. The lowest BCUT2D eigenvalue weighted by molar-refractivity contribution is 1.21. The summed E-state index contributed by atoms with van der Waals surface area (Å²) in [6, 6.07) is 0. The highest BCUT2D eigenvalue weighted by atomic mass is 15.0. The van der Waals surface area contributed by atoms with Gasteiger partial charge in [0.1, 0.15) is 12.4 Å². The minimum absolute atomic E-state index is 0.129. The summed E-state index contributed by atoms with van der Waals surface area (Å²) < 4.78 is 0. The molecule has 4 nitrogen and oxygen atoms in total. The first kappa shape index (κ1) is 5.51. The third kappa shape index (κ3) is 1.13. The van der Waals surface area contributed by atoms with Crippen LogP contribution in [-0.4, -0.2) is 9.97 Å². The van der Waals surface area contributed by atoms with Crippen molar-refractivity contribution in [3.8, 4) is 0 Å². The second kappa shape index (κ2) is 2.09. The van der Waals surface area contributed by atoms with Gasteiger partial charge in [0.2, 0.25) is 0 Å². The van der Waals surface area contributed by atoms with Gasteiger partial charge in [0, 0.05) is 0 Å². The molecular weight excluding hydrogens is 116 g/mol. The van der Waals surface area contributed by atoms with Crippen LogP contribution in [0, 0.1) is 6.57 Å². The molecule has 0 aliphatic heterocycles. The summed E-state index contributed by atoms with van der Waals surface area (Å²) in [6.45, 7) is 6.47. The Morgan fingerprint density at radius 3 is 2.44 bits per heavy atom. The first-order valence-corrected chi connectivity index (χ1v) is 2.28. The summed E-state index contributed by atoms with van der Waals surface area (Å²) in [5.74, 6) is 0.129. The third-order valence-corrected chi connectivity index (χ3v) is 0.758. The van der Waals surface area contributed by atoms with Crippen LogP contribution in [0.3, 0.4) is 0 Å². The molecule has 44 valence electrons.